The van der Waals surface area contributed by atoms with Crippen molar-refractivity contribution in [1.29, 1.82) is 0 Å². The molecule has 3 aromatic rings. The van der Waals surface area contributed by atoms with Crippen LogP contribution in [0.3, 0.4) is 0 Å². The lowest BCUT2D eigenvalue weighted by Gasteiger charge is -2.35. The van der Waals surface area contributed by atoms with Crippen molar-refractivity contribution in [2.75, 3.05) is 32.7 Å². The molecule has 0 atom stereocenters. The summed E-state index contributed by atoms with van der Waals surface area (Å²) >= 11 is 0. The second-order valence-electron chi connectivity index (χ2n) is 7.77. The molecule has 2 heterocycles. The van der Waals surface area contributed by atoms with Gasteiger partial charge >= 0.3 is 0 Å². The highest BCUT2D eigenvalue weighted by molar-refractivity contribution is 6.36. The Morgan fingerprint density at radius 3 is 2.50 bits per heavy atom. The predicted octanol–water partition coefficient (Wildman–Crippen LogP) is 0.430. The normalized spacial score (nSPS) is 13.6. The summed E-state index contributed by atoms with van der Waals surface area (Å²) in [5.74, 6) is -1.72. The fraction of sp³-hybridized carbons (Fsp3) is 0.217. The van der Waals surface area contributed by atoms with Crippen molar-refractivity contribution in [2.45, 2.75) is 0 Å². The number of hydrogen-bond donors (Lipinski definition) is 3. The minimum Gasteiger partial charge on any atom is -0.507 e. The quantitative estimate of drug-likeness (QED) is 0.477. The molecule has 0 spiro atoms. The summed E-state index contributed by atoms with van der Waals surface area (Å²) in [4.78, 5) is 40.6. The van der Waals surface area contributed by atoms with Crippen LogP contribution in [-0.4, -0.2) is 83.4 Å². The Balaban J connectivity index is 1.28. The smallest absolute Gasteiger partial charge is 0.269 e. The van der Waals surface area contributed by atoms with Gasteiger partial charge < -0.3 is 20.2 Å². The third-order valence-electron chi connectivity index (χ3n) is 5.57. The number of para-hydroxylation sites is 1. The first-order chi connectivity index (χ1) is 16.3. The van der Waals surface area contributed by atoms with Gasteiger partial charge in [-0.3, -0.25) is 19.5 Å². The van der Waals surface area contributed by atoms with Crippen LogP contribution in [0.25, 0.3) is 11.3 Å². The van der Waals surface area contributed by atoms with E-state index < -0.39 is 17.6 Å². The van der Waals surface area contributed by atoms with Crippen LogP contribution >= 0.6 is 0 Å². The first kappa shape index (κ1) is 23.0. The molecular weight excluding hydrogens is 440 g/mol. The molecule has 3 amide bonds. The van der Waals surface area contributed by atoms with Crippen molar-refractivity contribution in [3.05, 3.63) is 65.6 Å². The summed E-state index contributed by atoms with van der Waals surface area (Å²) in [5.41, 5.74) is 1.30. The highest BCUT2D eigenvalue weighted by Crippen LogP contribution is 2.27. The number of amides is 3. The number of halogens is 1. The number of H-pyrrole nitrogens is 1. The molecule has 172 valence electrons. The summed E-state index contributed by atoms with van der Waals surface area (Å²) in [7, 11) is 5.79. The molecule has 1 fully saturated rings. The molecule has 9 nitrogen and oxygen atoms in total. The highest BCUT2D eigenvalue weighted by Gasteiger charge is 2.26. The molecule has 0 saturated carbocycles. The number of carbonyl (C=O) groups is 3. The largest absolute Gasteiger partial charge is 0.507 e. The molecule has 2 aromatic carbocycles. The topological polar surface area (TPSA) is 119 Å². The number of aromatic nitrogens is 2. The number of hydrogen-bond acceptors (Lipinski definition) is 5. The van der Waals surface area contributed by atoms with Gasteiger partial charge in [-0.25, -0.2) is 4.39 Å². The van der Waals surface area contributed by atoms with Crippen molar-refractivity contribution in [3.8, 4) is 17.0 Å². The van der Waals surface area contributed by atoms with Crippen LogP contribution < -0.4 is 10.8 Å². The zero-order chi connectivity index (χ0) is 24.2. The lowest BCUT2D eigenvalue weighted by atomic mass is 9.90. The number of nitrogens with zero attached hydrogens (tertiary/aromatic N) is 3. The Morgan fingerprint density at radius 2 is 1.76 bits per heavy atom. The van der Waals surface area contributed by atoms with Crippen LogP contribution in [-0.2, 0) is 4.79 Å². The van der Waals surface area contributed by atoms with E-state index in [1.807, 2.05) is 0 Å². The number of aromatic amines is 1. The molecule has 34 heavy (non-hydrogen) atoms. The van der Waals surface area contributed by atoms with Crippen LogP contribution in [0.1, 0.15) is 20.8 Å². The van der Waals surface area contributed by atoms with E-state index in [1.165, 1.54) is 29.2 Å². The van der Waals surface area contributed by atoms with Gasteiger partial charge in [0.1, 0.15) is 25.1 Å². The summed E-state index contributed by atoms with van der Waals surface area (Å²) < 4.78 is 13.5. The number of phenolic OH excluding ortho intramolecular Hbond substituents is 1. The van der Waals surface area contributed by atoms with Gasteiger partial charge in [0, 0.05) is 37.3 Å². The molecular formula is C23H21BFN5O4. The molecule has 1 aliphatic heterocycles. The van der Waals surface area contributed by atoms with Gasteiger partial charge in [-0.15, -0.1) is 0 Å². The number of rotatable bonds is 5. The molecule has 0 bridgehead atoms. The van der Waals surface area contributed by atoms with E-state index in [-0.39, 0.29) is 61.1 Å². The van der Waals surface area contributed by atoms with E-state index >= 15 is 0 Å². The van der Waals surface area contributed by atoms with Crippen LogP contribution in [0.4, 0.5) is 4.39 Å². The lowest BCUT2D eigenvalue weighted by molar-refractivity contribution is -0.131. The molecule has 1 saturated heterocycles. The van der Waals surface area contributed by atoms with Crippen LogP contribution in [0.5, 0.6) is 5.75 Å². The number of benzene rings is 2. The van der Waals surface area contributed by atoms with E-state index in [0.717, 1.165) is 6.07 Å². The number of aromatic hydroxyl groups is 1. The molecule has 3 N–H and O–H groups in total. The number of piperazine rings is 1. The minimum absolute atomic E-state index is 0.0360. The van der Waals surface area contributed by atoms with Gasteiger partial charge in [0.05, 0.1) is 12.2 Å². The number of carbonyl (C=O) groups excluding carboxylic acids is 3. The van der Waals surface area contributed by atoms with E-state index in [0.29, 0.717) is 11.3 Å². The summed E-state index contributed by atoms with van der Waals surface area (Å²) in [6.45, 7) is 0.848. The standard InChI is InChI=1S/C23H21BFN5O4/c24-17-6-5-14(25)11-16(17)23(34)30-9-7-29(8-10-30)21(32)13-26-22(33)19-12-18(27-28-19)15-3-1-2-4-20(15)31/h1-6,11-12,31H,7-10,13H2,(H,26,33)(H,27,28). The Bertz CT molecular complexity index is 1240. The predicted molar refractivity (Wildman–Crippen MR) is 122 cm³/mol. The molecule has 1 aromatic heterocycles. The van der Waals surface area contributed by atoms with Crippen LogP contribution in [0.15, 0.2) is 48.5 Å². The summed E-state index contributed by atoms with van der Waals surface area (Å²) in [6, 6.07) is 11.7. The third-order valence-corrected chi connectivity index (χ3v) is 5.57. The zero-order valence-corrected chi connectivity index (χ0v) is 18.1. The molecule has 4 rings (SSSR count). The van der Waals surface area contributed by atoms with E-state index in [9.17, 15) is 23.9 Å². The molecule has 2 radical (unpaired) electrons. The zero-order valence-electron chi connectivity index (χ0n) is 18.1. The Morgan fingerprint density at radius 1 is 1.06 bits per heavy atom. The molecule has 0 unspecified atom stereocenters. The molecule has 11 heteroatoms. The highest BCUT2D eigenvalue weighted by atomic mass is 19.1. The lowest BCUT2D eigenvalue weighted by Crippen LogP contribution is -2.53. The van der Waals surface area contributed by atoms with Gasteiger partial charge in [-0.2, -0.15) is 5.10 Å². The van der Waals surface area contributed by atoms with Crippen LogP contribution in [0.2, 0.25) is 0 Å². The Kier molecular flexibility index (Phi) is 6.62. The van der Waals surface area contributed by atoms with Crippen molar-refractivity contribution in [3.63, 3.8) is 0 Å². The van der Waals surface area contributed by atoms with Crippen molar-refractivity contribution in [2.24, 2.45) is 0 Å². The Labute approximate surface area is 196 Å². The fourth-order valence-corrected chi connectivity index (χ4v) is 3.67. The number of nitrogens with one attached hydrogen (secondary N) is 2. The van der Waals surface area contributed by atoms with Crippen molar-refractivity contribution >= 4 is 31.0 Å². The average Bonchev–Trinajstić information content (AvgIpc) is 3.34. The van der Waals surface area contributed by atoms with Gasteiger partial charge in [0.15, 0.2) is 0 Å². The molecule has 1 aliphatic rings. The Hall–Kier alpha value is -4.15. The van der Waals surface area contributed by atoms with Gasteiger partial charge in [0.25, 0.3) is 11.8 Å². The van der Waals surface area contributed by atoms with Crippen molar-refractivity contribution < 1.29 is 23.9 Å². The van der Waals surface area contributed by atoms with Gasteiger partial charge in [0.2, 0.25) is 5.91 Å². The van der Waals surface area contributed by atoms with E-state index in [2.05, 4.69) is 15.5 Å². The SMILES string of the molecule is [B]c1ccc(F)cc1C(=O)N1CCN(C(=O)CNC(=O)c2cc(-c3ccccc3O)n[nH]2)CC1. The fourth-order valence-electron chi connectivity index (χ4n) is 3.67. The van der Waals surface area contributed by atoms with E-state index in [1.54, 1.807) is 23.1 Å². The maximum Gasteiger partial charge on any atom is 0.269 e. The summed E-state index contributed by atoms with van der Waals surface area (Å²) in [6.07, 6.45) is 0. The second kappa shape index (κ2) is 9.78. The minimum atomic E-state index is -0.549. The van der Waals surface area contributed by atoms with Gasteiger partial charge in [-0.1, -0.05) is 23.7 Å². The molecule has 0 aliphatic carbocycles. The summed E-state index contributed by atoms with van der Waals surface area (Å²) in [5, 5.41) is 19.1. The van der Waals surface area contributed by atoms with E-state index in [4.69, 9.17) is 7.85 Å². The van der Waals surface area contributed by atoms with Crippen molar-refractivity contribution in [1.82, 2.24) is 25.3 Å². The second-order valence-corrected chi connectivity index (χ2v) is 7.77. The monoisotopic (exact) mass is 461 g/mol. The first-order valence-corrected chi connectivity index (χ1v) is 10.6. The number of phenols is 1. The maximum atomic E-state index is 13.5. The third kappa shape index (κ3) is 4.93. The maximum absolute atomic E-state index is 13.5. The van der Waals surface area contributed by atoms with Crippen LogP contribution in [0, 0.1) is 5.82 Å². The van der Waals surface area contributed by atoms with Gasteiger partial charge in [-0.05, 0) is 30.3 Å². The first-order valence-electron chi connectivity index (χ1n) is 10.6. The average molecular weight is 461 g/mol.